The summed E-state index contributed by atoms with van der Waals surface area (Å²) in [6.07, 6.45) is 6.65. The first kappa shape index (κ1) is 27.4. The fourth-order valence-corrected chi connectivity index (χ4v) is 4.26. The Morgan fingerprint density at radius 3 is 1.38 bits per heavy atom. The van der Waals surface area contributed by atoms with Crippen LogP contribution in [0.2, 0.25) is 0 Å². The van der Waals surface area contributed by atoms with Gasteiger partial charge in [0.15, 0.2) is 10.9 Å². The summed E-state index contributed by atoms with van der Waals surface area (Å²) in [5, 5.41) is 18.6. The molecule has 0 bridgehead atoms. The zero-order valence-corrected chi connectivity index (χ0v) is 21.1. The number of ether oxygens (including phenoxy) is 2. The van der Waals surface area contributed by atoms with Gasteiger partial charge in [0.25, 0.3) is 0 Å². The highest BCUT2D eigenvalue weighted by atomic mass is 16.5. The lowest BCUT2D eigenvalue weighted by atomic mass is 10.1. The van der Waals surface area contributed by atoms with Crippen LogP contribution in [0, 0.1) is 0 Å². The molecule has 0 atom stereocenters. The molecule has 0 spiro atoms. The molecule has 204 valence electrons. The van der Waals surface area contributed by atoms with Gasteiger partial charge in [-0.1, -0.05) is 44.2 Å². The molecule has 4 rings (SSSR count). The lowest BCUT2D eigenvalue weighted by Gasteiger charge is -2.09. The molecule has 39 heavy (non-hydrogen) atoms. The zero-order chi connectivity index (χ0) is 27.8. The average Bonchev–Trinajstić information content (AvgIpc) is 2.91. The number of rotatable bonds is 14. The Morgan fingerprint density at radius 2 is 1.00 bits per heavy atom. The molecule has 0 amide bonds. The maximum absolute atomic E-state index is 12.3. The molecule has 0 aliphatic heterocycles. The van der Waals surface area contributed by atoms with Crippen molar-refractivity contribution in [2.24, 2.45) is 0 Å². The van der Waals surface area contributed by atoms with Gasteiger partial charge in [-0.2, -0.15) is 0 Å². The van der Waals surface area contributed by atoms with Gasteiger partial charge in [0, 0.05) is 12.1 Å². The molecule has 0 saturated carbocycles. The number of hydrogen-bond acceptors (Lipinski definition) is 8. The Kier molecular flexibility index (Phi) is 8.98. The monoisotopic (exact) mass is 536 g/mol. The Bertz CT molecular complexity index is 1480. The van der Waals surface area contributed by atoms with Crippen LogP contribution < -0.4 is 20.3 Å². The molecular weight excluding hydrogens is 508 g/mol. The van der Waals surface area contributed by atoms with E-state index in [1.807, 2.05) is 0 Å². The highest BCUT2D eigenvalue weighted by molar-refractivity contribution is 5.90. The summed E-state index contributed by atoms with van der Waals surface area (Å²) in [4.78, 5) is 46.9. The van der Waals surface area contributed by atoms with E-state index in [9.17, 15) is 19.2 Å². The molecule has 0 unspecified atom stereocenters. The minimum absolute atomic E-state index is 0.178. The van der Waals surface area contributed by atoms with Crippen LogP contribution in [-0.4, -0.2) is 35.4 Å². The molecule has 0 radical (unpaired) electrons. The third-order valence-electron chi connectivity index (χ3n) is 6.16. The van der Waals surface area contributed by atoms with Crippen molar-refractivity contribution in [2.75, 3.05) is 13.2 Å². The van der Waals surface area contributed by atoms with E-state index in [2.05, 4.69) is 0 Å². The van der Waals surface area contributed by atoms with Crippen LogP contribution in [0.25, 0.3) is 21.9 Å². The maximum Gasteiger partial charge on any atom is 0.371 e. The summed E-state index contributed by atoms with van der Waals surface area (Å²) >= 11 is 0. The van der Waals surface area contributed by atoms with Crippen LogP contribution >= 0.6 is 0 Å². The molecule has 2 heterocycles. The number of carbonyl (C=O) groups is 2. The standard InChI is InChI=1S/C29H28O10/c30-18-16-24(28(32)33)38-22-12-8-10-20(26(18)22)36-14-6-4-2-1-3-5-7-15-37-21-11-9-13-23-27(21)19(31)17-25(39-23)29(34)35/h8-13,16-17H,1-7,14-15H2,(H,32,33)(H,34,35). The van der Waals surface area contributed by atoms with E-state index in [0.29, 0.717) is 24.7 Å². The second-order valence-electron chi connectivity index (χ2n) is 8.99. The molecule has 0 aliphatic carbocycles. The topological polar surface area (TPSA) is 153 Å². The Hall–Kier alpha value is -4.60. The van der Waals surface area contributed by atoms with Crippen molar-refractivity contribution in [3.8, 4) is 11.5 Å². The van der Waals surface area contributed by atoms with Crippen molar-refractivity contribution in [1.82, 2.24) is 0 Å². The van der Waals surface area contributed by atoms with Crippen molar-refractivity contribution in [1.29, 1.82) is 0 Å². The van der Waals surface area contributed by atoms with E-state index in [-0.39, 0.29) is 21.9 Å². The van der Waals surface area contributed by atoms with Gasteiger partial charge in [-0.15, -0.1) is 0 Å². The van der Waals surface area contributed by atoms with Crippen LogP contribution in [0.15, 0.2) is 67.0 Å². The van der Waals surface area contributed by atoms with E-state index >= 15 is 0 Å². The summed E-state index contributed by atoms with van der Waals surface area (Å²) < 4.78 is 22.1. The summed E-state index contributed by atoms with van der Waals surface area (Å²) in [5.74, 6) is -2.66. The fourth-order valence-electron chi connectivity index (χ4n) is 4.26. The Balaban J connectivity index is 1.13. The molecule has 0 saturated heterocycles. The van der Waals surface area contributed by atoms with E-state index in [0.717, 1.165) is 57.1 Å². The normalized spacial score (nSPS) is 11.1. The van der Waals surface area contributed by atoms with Crippen molar-refractivity contribution >= 4 is 33.9 Å². The largest absolute Gasteiger partial charge is 0.493 e. The smallest absolute Gasteiger partial charge is 0.371 e. The van der Waals surface area contributed by atoms with Gasteiger partial charge >= 0.3 is 11.9 Å². The van der Waals surface area contributed by atoms with E-state index in [4.69, 9.17) is 28.5 Å². The van der Waals surface area contributed by atoms with Gasteiger partial charge < -0.3 is 28.5 Å². The maximum atomic E-state index is 12.3. The summed E-state index contributed by atoms with van der Waals surface area (Å²) in [6.45, 7) is 0.861. The number of fused-ring (bicyclic) bond motifs is 2. The van der Waals surface area contributed by atoms with Gasteiger partial charge in [-0.05, 0) is 37.1 Å². The van der Waals surface area contributed by atoms with Crippen molar-refractivity contribution in [2.45, 2.75) is 44.9 Å². The second-order valence-corrected chi connectivity index (χ2v) is 8.99. The Labute approximate surface area is 222 Å². The summed E-state index contributed by atoms with van der Waals surface area (Å²) in [6, 6.07) is 11.6. The molecule has 2 N–H and O–H groups in total. The van der Waals surface area contributed by atoms with Crippen LogP contribution in [0.4, 0.5) is 0 Å². The number of benzene rings is 2. The second kappa shape index (κ2) is 12.8. The highest BCUT2D eigenvalue weighted by Gasteiger charge is 2.15. The van der Waals surface area contributed by atoms with E-state index < -0.39 is 34.3 Å². The molecule has 10 heteroatoms. The fraction of sp³-hybridized carbons (Fsp3) is 0.310. The summed E-state index contributed by atoms with van der Waals surface area (Å²) in [7, 11) is 0. The quantitative estimate of drug-likeness (QED) is 0.198. The summed E-state index contributed by atoms with van der Waals surface area (Å²) in [5.41, 5.74) is -0.552. The minimum Gasteiger partial charge on any atom is -0.493 e. The van der Waals surface area contributed by atoms with Gasteiger partial charge in [-0.3, -0.25) is 9.59 Å². The number of carboxylic acids is 2. The van der Waals surface area contributed by atoms with Gasteiger partial charge in [0.2, 0.25) is 11.5 Å². The molecule has 2 aromatic heterocycles. The first-order chi connectivity index (χ1) is 18.8. The first-order valence-corrected chi connectivity index (χ1v) is 12.7. The van der Waals surface area contributed by atoms with Crippen LogP contribution in [0.3, 0.4) is 0 Å². The first-order valence-electron chi connectivity index (χ1n) is 12.7. The van der Waals surface area contributed by atoms with E-state index in [1.54, 1.807) is 24.3 Å². The molecule has 0 fully saturated rings. The van der Waals surface area contributed by atoms with Crippen LogP contribution in [0.5, 0.6) is 11.5 Å². The minimum atomic E-state index is -1.30. The lowest BCUT2D eigenvalue weighted by Crippen LogP contribution is -2.08. The van der Waals surface area contributed by atoms with Crippen molar-refractivity contribution in [3.05, 3.63) is 80.5 Å². The van der Waals surface area contributed by atoms with Gasteiger partial charge in [0.1, 0.15) is 33.4 Å². The molecule has 4 aromatic rings. The zero-order valence-electron chi connectivity index (χ0n) is 21.1. The number of aromatic carboxylic acids is 2. The van der Waals surface area contributed by atoms with Crippen molar-refractivity contribution < 1.29 is 38.1 Å². The molecular formula is C29H28O10. The number of unbranched alkanes of at least 4 members (excludes halogenated alkanes) is 6. The SMILES string of the molecule is O=C(O)c1cc(=O)c2c(OCCCCCCCCCOc3cccc4oc(C(=O)O)cc(=O)c34)cccc2o1. The predicted molar refractivity (Wildman–Crippen MR) is 142 cm³/mol. The molecule has 10 nitrogen and oxygen atoms in total. The molecule has 2 aromatic carbocycles. The molecule has 0 aliphatic rings. The van der Waals surface area contributed by atoms with Gasteiger partial charge in [-0.25, -0.2) is 9.59 Å². The third kappa shape index (κ3) is 6.84. The van der Waals surface area contributed by atoms with Gasteiger partial charge in [0.05, 0.1) is 13.2 Å². The lowest BCUT2D eigenvalue weighted by molar-refractivity contribution is 0.0653. The van der Waals surface area contributed by atoms with Crippen LogP contribution in [0.1, 0.15) is 66.1 Å². The number of carboxylic acid groups (broad SMARTS) is 2. The Morgan fingerprint density at radius 1 is 0.615 bits per heavy atom. The highest BCUT2D eigenvalue weighted by Crippen LogP contribution is 2.25. The third-order valence-corrected chi connectivity index (χ3v) is 6.16. The van der Waals surface area contributed by atoms with Crippen LogP contribution in [-0.2, 0) is 0 Å². The van der Waals surface area contributed by atoms with Crippen molar-refractivity contribution in [3.63, 3.8) is 0 Å². The number of hydrogen-bond donors (Lipinski definition) is 2. The average molecular weight is 537 g/mol. The van der Waals surface area contributed by atoms with E-state index in [1.165, 1.54) is 12.1 Å². The predicted octanol–water partition coefficient (Wildman–Crippen LogP) is 5.48.